The molecule has 0 radical (unpaired) electrons. The second kappa shape index (κ2) is 41.9. The van der Waals surface area contributed by atoms with Gasteiger partial charge in [-0.15, -0.1) is 0 Å². The Hall–Kier alpha value is -8.84. The topological polar surface area (TPSA) is 437 Å². The monoisotopic (exact) mass is 1490 g/mol. The van der Waals surface area contributed by atoms with Gasteiger partial charge < -0.3 is 60.1 Å². The summed E-state index contributed by atoms with van der Waals surface area (Å²) in [4.78, 5) is 118. The lowest BCUT2D eigenvalue weighted by Gasteiger charge is -2.32. The maximum Gasteiger partial charge on any atom is 0.458 e. The normalized spacial score (nSPS) is 14.3. The number of aromatic amines is 1. The van der Waals surface area contributed by atoms with Crippen LogP contribution in [-0.2, 0) is 81.4 Å². The number of pyridine rings is 1. The number of halogens is 6. The highest BCUT2D eigenvalue weighted by Crippen LogP contribution is 2.25. The number of carboxylic acids is 4. The van der Waals surface area contributed by atoms with E-state index >= 15 is 0 Å². The van der Waals surface area contributed by atoms with Crippen molar-refractivity contribution < 1.29 is 116 Å². The number of ether oxygens (including phenoxy) is 3. The number of hydrogen-bond acceptors (Lipinski definition) is 22. The number of aliphatic carboxylic acids is 4. The largest absolute Gasteiger partial charge is 0.480 e. The molecule has 6 rings (SSSR count). The smallest absolute Gasteiger partial charge is 0.458 e. The fourth-order valence-corrected chi connectivity index (χ4v) is 11.3. The molecule has 564 valence electrons. The molecule has 0 bridgehead atoms. The predicted molar refractivity (Wildman–Crippen MR) is 353 cm³/mol. The van der Waals surface area contributed by atoms with Gasteiger partial charge in [0.15, 0.2) is 5.95 Å². The lowest BCUT2D eigenvalue weighted by Crippen LogP contribution is -2.49. The standard InChI is InChI=1S/C31H31N7O8S2.C27H51N5O10.C4F6O2/c1-32-47(43,44)22-8-4-20(5-9-22)21-6-10-23(11-7-21)48(45,46)37-26(30(41)42)17-35-29(40)25-18-38(2)27-15-19(3-12-24(27)28(25)39)16-36-31-33-13-14-34-31;1-2-3-14-40-16-18-42-19-17-41-15-4-5-28-24(33)20-29-6-8-30(21-25(34)35)10-12-32(23-27(38)39)13-11-31(9-7-29)22-26(36)37;5-3(6,7)1(11)2(12)4(8,9)10/h3-15,18,26,32,37H,16-17H2,1-2H3,(H,35,40)(H,41,42)(H2,33,34,36);2-23H2,1H3,(H,28,33)(H,34,35)(H,36,37)(H,38,39);/t26-;;/m0../s1. The molecule has 1 saturated heterocycles. The van der Waals surface area contributed by atoms with E-state index in [1.807, 2.05) is 4.90 Å². The minimum absolute atomic E-state index is 0.0640. The van der Waals surface area contributed by atoms with E-state index in [1.165, 1.54) is 49.6 Å². The Morgan fingerprint density at radius 2 is 1.07 bits per heavy atom. The summed E-state index contributed by atoms with van der Waals surface area (Å²) in [5.41, 5.74) is 1.81. The minimum Gasteiger partial charge on any atom is -0.480 e. The van der Waals surface area contributed by atoms with Crippen LogP contribution in [0.15, 0.2) is 99.9 Å². The van der Waals surface area contributed by atoms with Gasteiger partial charge in [0.1, 0.15) is 11.6 Å². The molecular weight excluding hydrogens is 1410 g/mol. The van der Waals surface area contributed by atoms with Crippen LogP contribution in [0.1, 0.15) is 42.1 Å². The molecule has 3 heterocycles. The molecule has 0 unspecified atom stereocenters. The van der Waals surface area contributed by atoms with E-state index in [-0.39, 0.29) is 52.8 Å². The molecular formula is C62H82F6N12O20S2. The van der Waals surface area contributed by atoms with Crippen LogP contribution in [-0.4, -0.2) is 275 Å². The number of H-pyrrole nitrogens is 1. The first-order valence-electron chi connectivity index (χ1n) is 31.3. The van der Waals surface area contributed by atoms with E-state index in [4.69, 9.17) is 14.2 Å². The molecule has 10 N–H and O–H groups in total. The first-order valence-corrected chi connectivity index (χ1v) is 34.3. The number of unbranched alkanes of at least 4 members (excludes halogenated alkanes) is 1. The second-order valence-electron chi connectivity index (χ2n) is 22.4. The Morgan fingerprint density at radius 3 is 1.49 bits per heavy atom. The summed E-state index contributed by atoms with van der Waals surface area (Å²) in [6.07, 6.45) is -4.13. The van der Waals surface area contributed by atoms with Gasteiger partial charge in [0.25, 0.3) is 5.91 Å². The van der Waals surface area contributed by atoms with Crippen molar-refractivity contribution in [2.45, 2.75) is 60.9 Å². The molecule has 1 aliphatic rings. The number of Topliss-reactive ketones (excluding diaryl/α,β-unsaturated/α-hetero) is 2. The molecule has 2 amide bonds. The third-order valence-electron chi connectivity index (χ3n) is 14.7. The zero-order valence-corrected chi connectivity index (χ0v) is 57.4. The molecule has 1 aliphatic heterocycles. The van der Waals surface area contributed by atoms with Gasteiger partial charge in [-0.2, -0.15) is 31.1 Å². The highest BCUT2D eigenvalue weighted by Gasteiger charge is 2.54. The Bertz CT molecular complexity index is 3820. The van der Waals surface area contributed by atoms with E-state index in [9.17, 15) is 107 Å². The van der Waals surface area contributed by atoms with Gasteiger partial charge in [0, 0.05) is 116 Å². The number of alkyl halides is 6. The number of hydrogen-bond donors (Lipinski definition) is 10. The van der Waals surface area contributed by atoms with Crippen molar-refractivity contribution in [3.8, 4) is 11.1 Å². The van der Waals surface area contributed by atoms with Crippen molar-refractivity contribution in [2.24, 2.45) is 7.05 Å². The van der Waals surface area contributed by atoms with Crippen LogP contribution in [0.25, 0.3) is 22.0 Å². The third-order valence-corrected chi connectivity index (χ3v) is 17.6. The van der Waals surface area contributed by atoms with Crippen molar-refractivity contribution in [3.63, 3.8) is 0 Å². The number of rotatable bonds is 35. The fourth-order valence-electron chi connectivity index (χ4n) is 9.33. The van der Waals surface area contributed by atoms with E-state index in [0.29, 0.717) is 127 Å². The van der Waals surface area contributed by atoms with Gasteiger partial charge in [-0.3, -0.25) is 62.8 Å². The minimum atomic E-state index is -5.77. The van der Waals surface area contributed by atoms with Crippen molar-refractivity contribution >= 4 is 84.2 Å². The maximum atomic E-state index is 13.2. The average molecular weight is 1490 g/mol. The lowest BCUT2D eigenvalue weighted by atomic mass is 10.1. The fraction of sp³-hybridized carbons (Fsp3) is 0.484. The Morgan fingerprint density at radius 1 is 0.618 bits per heavy atom. The van der Waals surface area contributed by atoms with E-state index in [1.54, 1.807) is 69.0 Å². The van der Waals surface area contributed by atoms with Crippen LogP contribution in [0.3, 0.4) is 0 Å². The van der Waals surface area contributed by atoms with Crippen LogP contribution in [0.4, 0.5) is 32.3 Å². The molecule has 5 aromatic rings. The van der Waals surface area contributed by atoms with Gasteiger partial charge in [0.05, 0.1) is 67.9 Å². The number of carboxylic acid groups (broad SMARTS) is 4. The van der Waals surface area contributed by atoms with E-state index in [0.717, 1.165) is 25.0 Å². The summed E-state index contributed by atoms with van der Waals surface area (Å²) in [7, 11) is -5.03. The lowest BCUT2D eigenvalue weighted by molar-refractivity contribution is -0.193. The van der Waals surface area contributed by atoms with Crippen molar-refractivity contribution in [1.29, 1.82) is 0 Å². The zero-order chi connectivity index (χ0) is 75.8. The SMILES string of the molecule is CCCCOCCOCCOCCCNC(=O)CN1CCN(CC(=O)O)CCN(CC(=O)O)CCN(CC(=O)O)CC1.CNS(=O)(=O)c1ccc(-c2ccc(S(=O)(=O)N[C@@H](CNC(=O)c3cn(C)c4cc(CNc5ncc[nH]5)ccc4c3=O)C(=O)O)cc2)cc1.O=C(C(=O)C(F)(F)F)C(F)(F)F. The second-order valence-corrected chi connectivity index (χ2v) is 26.0. The predicted octanol–water partition coefficient (Wildman–Crippen LogP) is 1.68. The summed E-state index contributed by atoms with van der Waals surface area (Å²) in [5, 5.41) is 46.3. The van der Waals surface area contributed by atoms with Crippen LogP contribution < -0.4 is 30.8 Å². The van der Waals surface area contributed by atoms with Gasteiger partial charge >= 0.3 is 47.8 Å². The number of carbonyl (C=O) groups is 8. The number of ketones is 2. The number of fused-ring (bicyclic) bond motifs is 1. The summed E-state index contributed by atoms with van der Waals surface area (Å²) in [6, 6.07) is 14.8. The Labute approximate surface area is 581 Å². The summed E-state index contributed by atoms with van der Waals surface area (Å²) >= 11 is 0. The highest BCUT2D eigenvalue weighted by atomic mass is 32.2. The number of carbonyl (C=O) groups excluding carboxylic acids is 4. The van der Waals surface area contributed by atoms with Gasteiger partial charge in [0.2, 0.25) is 31.4 Å². The number of sulfonamides is 2. The van der Waals surface area contributed by atoms with Crippen molar-refractivity contribution in [1.82, 2.24) is 54.2 Å². The highest BCUT2D eigenvalue weighted by molar-refractivity contribution is 7.89. The van der Waals surface area contributed by atoms with Crippen molar-refractivity contribution in [2.75, 3.05) is 144 Å². The maximum absolute atomic E-state index is 13.2. The molecule has 40 heteroatoms. The van der Waals surface area contributed by atoms with Crippen LogP contribution in [0.5, 0.6) is 0 Å². The molecule has 32 nitrogen and oxygen atoms in total. The number of nitrogens with one attached hydrogen (secondary N) is 6. The molecule has 0 spiro atoms. The number of aromatic nitrogens is 3. The first kappa shape index (κ1) is 85.6. The number of benzene rings is 3. The Balaban J connectivity index is 0.000000375. The molecule has 0 saturated carbocycles. The molecule has 0 aliphatic carbocycles. The molecule has 2 aromatic heterocycles. The van der Waals surface area contributed by atoms with Gasteiger partial charge in [-0.1, -0.05) is 43.7 Å². The third kappa shape index (κ3) is 30.4. The van der Waals surface area contributed by atoms with Crippen LogP contribution in [0, 0.1) is 0 Å². The first-order chi connectivity index (χ1) is 48.0. The molecule has 1 fully saturated rings. The molecule has 1 atom stereocenters. The molecule has 3 aromatic carbocycles. The van der Waals surface area contributed by atoms with E-state index < -0.39 is 91.8 Å². The number of amides is 2. The van der Waals surface area contributed by atoms with Gasteiger partial charge in [-0.25, -0.2) is 26.5 Å². The van der Waals surface area contributed by atoms with E-state index in [2.05, 4.69) is 42.3 Å². The number of aryl methyl sites for hydroxylation is 1. The van der Waals surface area contributed by atoms with Crippen LogP contribution >= 0.6 is 0 Å². The van der Waals surface area contributed by atoms with Gasteiger partial charge in [-0.05, 0) is 73.0 Å². The average Bonchev–Trinajstić information content (AvgIpc) is 0.822. The molecule has 102 heavy (non-hydrogen) atoms. The number of anilines is 1. The number of nitrogens with zero attached hydrogens (tertiary/aromatic N) is 6. The number of imidazole rings is 1. The van der Waals surface area contributed by atoms with Crippen LogP contribution in [0.2, 0.25) is 0 Å². The quantitative estimate of drug-likeness (QED) is 0.0157. The zero-order valence-electron chi connectivity index (χ0n) is 55.7. The van der Waals surface area contributed by atoms with Crippen molar-refractivity contribution in [3.05, 3.63) is 107 Å². The summed E-state index contributed by atoms with van der Waals surface area (Å²) in [6.45, 7) is 7.89. The summed E-state index contributed by atoms with van der Waals surface area (Å²) < 4.78 is 139. The Kier molecular flexibility index (Phi) is 35.2. The summed E-state index contributed by atoms with van der Waals surface area (Å²) in [5.74, 6) is -11.8.